The number of hydrogen-bond donors (Lipinski definition) is 1. The normalized spacial score (nSPS) is 29.6. The number of nitrogens with zero attached hydrogens (tertiary/aromatic N) is 2. The van der Waals surface area contributed by atoms with Gasteiger partial charge in [-0.3, -0.25) is 9.48 Å². The summed E-state index contributed by atoms with van der Waals surface area (Å²) in [6, 6.07) is 0.305. The zero-order chi connectivity index (χ0) is 14.1. The predicted molar refractivity (Wildman–Crippen MR) is 78.4 cm³/mol. The SMILES string of the molecule is C[C@@H](NC(=O)CCn1cc(Cl)cn1)[C@H]1C[C@@H]2CC[C@@H]1C2. The van der Waals surface area contributed by atoms with Crippen LogP contribution in [0.2, 0.25) is 5.02 Å². The number of hydrogen-bond acceptors (Lipinski definition) is 2. The van der Waals surface area contributed by atoms with Gasteiger partial charge >= 0.3 is 0 Å². The first kappa shape index (κ1) is 13.9. The average Bonchev–Trinajstić information content (AvgIpc) is 3.12. The molecule has 0 spiro atoms. The number of carbonyl (C=O) groups excluding carboxylic acids is 1. The van der Waals surface area contributed by atoms with E-state index in [9.17, 15) is 4.79 Å². The largest absolute Gasteiger partial charge is 0.353 e. The van der Waals surface area contributed by atoms with Gasteiger partial charge in [0.05, 0.1) is 11.2 Å². The van der Waals surface area contributed by atoms with Gasteiger partial charge in [-0.15, -0.1) is 0 Å². The highest BCUT2D eigenvalue weighted by Crippen LogP contribution is 2.49. The van der Waals surface area contributed by atoms with Crippen LogP contribution in [0.15, 0.2) is 12.4 Å². The van der Waals surface area contributed by atoms with E-state index in [4.69, 9.17) is 11.6 Å². The molecule has 2 fully saturated rings. The molecule has 2 saturated carbocycles. The first-order valence-electron chi connectivity index (χ1n) is 7.59. The molecule has 2 bridgehead atoms. The Hall–Kier alpha value is -1.03. The third-order valence-corrected chi connectivity index (χ3v) is 5.19. The molecule has 4 nitrogen and oxygen atoms in total. The van der Waals surface area contributed by atoms with E-state index in [1.807, 2.05) is 0 Å². The lowest BCUT2D eigenvalue weighted by atomic mass is 9.84. The summed E-state index contributed by atoms with van der Waals surface area (Å²) < 4.78 is 1.71. The Bertz CT molecular complexity index is 487. The van der Waals surface area contributed by atoms with Crippen LogP contribution in [0.4, 0.5) is 0 Å². The van der Waals surface area contributed by atoms with Crippen LogP contribution >= 0.6 is 11.6 Å². The highest BCUT2D eigenvalue weighted by atomic mass is 35.5. The maximum atomic E-state index is 12.0. The number of aromatic nitrogens is 2. The molecule has 1 aromatic rings. The Morgan fingerprint density at radius 1 is 1.55 bits per heavy atom. The summed E-state index contributed by atoms with van der Waals surface area (Å²) in [4.78, 5) is 12.0. The van der Waals surface area contributed by atoms with Crippen molar-refractivity contribution in [3.05, 3.63) is 17.4 Å². The lowest BCUT2D eigenvalue weighted by Gasteiger charge is -2.28. The van der Waals surface area contributed by atoms with Crippen LogP contribution in [-0.2, 0) is 11.3 Å². The lowest BCUT2D eigenvalue weighted by Crippen LogP contribution is -2.40. The van der Waals surface area contributed by atoms with Gasteiger partial charge in [-0.1, -0.05) is 18.0 Å². The maximum Gasteiger partial charge on any atom is 0.222 e. The van der Waals surface area contributed by atoms with Crippen molar-refractivity contribution >= 4 is 17.5 Å². The smallest absolute Gasteiger partial charge is 0.222 e. The molecule has 2 aliphatic rings. The lowest BCUT2D eigenvalue weighted by molar-refractivity contribution is -0.122. The Balaban J connectivity index is 1.44. The number of aryl methyl sites for hydroxylation is 1. The zero-order valence-corrected chi connectivity index (χ0v) is 12.6. The van der Waals surface area contributed by atoms with Gasteiger partial charge in [0.15, 0.2) is 0 Å². The maximum absolute atomic E-state index is 12.0. The summed E-state index contributed by atoms with van der Waals surface area (Å²) >= 11 is 5.80. The molecular weight excluding hydrogens is 274 g/mol. The third-order valence-electron chi connectivity index (χ3n) is 4.99. The third kappa shape index (κ3) is 3.00. The van der Waals surface area contributed by atoms with E-state index in [-0.39, 0.29) is 5.91 Å². The van der Waals surface area contributed by atoms with Crippen LogP contribution in [0.1, 0.15) is 39.0 Å². The minimum Gasteiger partial charge on any atom is -0.353 e. The minimum atomic E-state index is 0.117. The van der Waals surface area contributed by atoms with Crippen molar-refractivity contribution < 1.29 is 4.79 Å². The molecule has 1 heterocycles. The molecule has 20 heavy (non-hydrogen) atoms. The van der Waals surface area contributed by atoms with Crippen molar-refractivity contribution in [2.75, 3.05) is 0 Å². The Morgan fingerprint density at radius 3 is 3.00 bits per heavy atom. The van der Waals surface area contributed by atoms with Crippen molar-refractivity contribution in [2.24, 2.45) is 17.8 Å². The van der Waals surface area contributed by atoms with Gasteiger partial charge in [-0.25, -0.2) is 0 Å². The van der Waals surface area contributed by atoms with Crippen LogP contribution in [-0.4, -0.2) is 21.7 Å². The van der Waals surface area contributed by atoms with Gasteiger partial charge in [0.1, 0.15) is 0 Å². The fourth-order valence-corrected chi connectivity index (χ4v) is 4.17. The van der Waals surface area contributed by atoms with Crippen molar-refractivity contribution in [3.8, 4) is 0 Å². The summed E-state index contributed by atoms with van der Waals surface area (Å²) in [5, 5.41) is 7.86. The van der Waals surface area contributed by atoms with Crippen LogP contribution in [0, 0.1) is 17.8 Å². The van der Waals surface area contributed by atoms with E-state index >= 15 is 0 Å². The molecule has 1 amide bonds. The molecular formula is C15H22ClN3O. The van der Waals surface area contributed by atoms with Crippen LogP contribution in [0.3, 0.4) is 0 Å². The second kappa shape index (κ2) is 5.76. The molecule has 4 atom stereocenters. The fourth-order valence-electron chi connectivity index (χ4n) is 4.02. The minimum absolute atomic E-state index is 0.117. The van der Waals surface area contributed by atoms with Gasteiger partial charge < -0.3 is 5.32 Å². The fraction of sp³-hybridized carbons (Fsp3) is 0.733. The van der Waals surface area contributed by atoms with Crippen molar-refractivity contribution in [2.45, 2.75) is 51.6 Å². The Morgan fingerprint density at radius 2 is 2.40 bits per heavy atom. The van der Waals surface area contributed by atoms with E-state index in [2.05, 4.69) is 17.3 Å². The van der Waals surface area contributed by atoms with Crippen LogP contribution in [0.25, 0.3) is 0 Å². The first-order chi connectivity index (χ1) is 9.61. The Kier molecular flexibility index (Phi) is 4.01. The van der Waals surface area contributed by atoms with Crippen LogP contribution in [0.5, 0.6) is 0 Å². The molecule has 1 N–H and O–H groups in total. The van der Waals surface area contributed by atoms with E-state index in [0.29, 0.717) is 29.9 Å². The number of halogens is 1. The monoisotopic (exact) mass is 295 g/mol. The van der Waals surface area contributed by atoms with E-state index in [1.54, 1.807) is 17.1 Å². The molecule has 0 radical (unpaired) electrons. The van der Waals surface area contributed by atoms with E-state index in [0.717, 1.165) is 11.8 Å². The van der Waals surface area contributed by atoms with Crippen molar-refractivity contribution in [1.29, 1.82) is 0 Å². The van der Waals surface area contributed by atoms with E-state index in [1.165, 1.54) is 25.7 Å². The number of amides is 1. The second-order valence-electron chi connectivity index (χ2n) is 6.37. The summed E-state index contributed by atoms with van der Waals surface area (Å²) in [5.41, 5.74) is 0. The van der Waals surface area contributed by atoms with E-state index < -0.39 is 0 Å². The highest BCUT2D eigenvalue weighted by molar-refractivity contribution is 6.30. The van der Waals surface area contributed by atoms with Gasteiger partial charge in [-0.05, 0) is 43.9 Å². The summed E-state index contributed by atoms with van der Waals surface area (Å²) in [7, 11) is 0. The van der Waals surface area contributed by atoms with Gasteiger partial charge in [0.2, 0.25) is 5.91 Å². The topological polar surface area (TPSA) is 46.9 Å². The summed E-state index contributed by atoms with van der Waals surface area (Å²) in [6.45, 7) is 2.75. The number of fused-ring (bicyclic) bond motifs is 2. The molecule has 2 aliphatic carbocycles. The number of rotatable bonds is 5. The van der Waals surface area contributed by atoms with Gasteiger partial charge in [0.25, 0.3) is 0 Å². The average molecular weight is 296 g/mol. The first-order valence-corrected chi connectivity index (χ1v) is 7.97. The predicted octanol–water partition coefficient (Wildman–Crippen LogP) is 2.87. The molecule has 0 aliphatic heterocycles. The van der Waals surface area contributed by atoms with Crippen LogP contribution < -0.4 is 5.32 Å². The molecule has 110 valence electrons. The zero-order valence-electron chi connectivity index (χ0n) is 11.9. The summed E-state index contributed by atoms with van der Waals surface area (Å²) in [5.74, 6) is 2.58. The summed E-state index contributed by atoms with van der Waals surface area (Å²) in [6.07, 6.45) is 9.26. The number of nitrogens with one attached hydrogen (secondary N) is 1. The Labute approximate surface area is 124 Å². The second-order valence-corrected chi connectivity index (χ2v) is 6.80. The molecule has 0 saturated heterocycles. The van der Waals surface area contributed by atoms with Gasteiger partial charge in [0, 0.05) is 25.2 Å². The molecule has 5 heteroatoms. The van der Waals surface area contributed by atoms with Crippen molar-refractivity contribution in [3.63, 3.8) is 0 Å². The molecule has 1 aromatic heterocycles. The molecule has 0 aromatic carbocycles. The molecule has 3 rings (SSSR count). The van der Waals surface area contributed by atoms with Gasteiger partial charge in [-0.2, -0.15) is 5.10 Å². The quantitative estimate of drug-likeness (QED) is 0.908. The number of carbonyl (C=O) groups is 1. The standard InChI is InChI=1S/C15H22ClN3O/c1-10(14-7-11-2-3-12(14)6-11)18-15(20)4-5-19-9-13(16)8-17-19/h8-12,14H,2-7H2,1H3,(H,18,20)/t10-,11-,12-,14-/m1/s1. The molecule has 0 unspecified atom stereocenters. The highest BCUT2D eigenvalue weighted by Gasteiger charge is 2.41. The van der Waals surface area contributed by atoms with Crippen molar-refractivity contribution in [1.82, 2.24) is 15.1 Å².